The molecule has 3 aromatic rings. The standard InChI is InChI=1S/C26H24N2O/c1-3-5-19-6-8-20(9-7-19)23-14-15-24(26(18-28)25(23)17-27)21-10-12-22(13-11-21)29-16-4-2/h6-15H,3-5,16H2,1-2H3. The lowest BCUT2D eigenvalue weighted by molar-refractivity contribution is 0.317. The molecule has 0 aliphatic carbocycles. The van der Waals surface area contributed by atoms with E-state index >= 15 is 0 Å². The number of nitriles is 2. The molecule has 0 spiro atoms. The number of aryl methyl sites for hydroxylation is 1. The minimum Gasteiger partial charge on any atom is -0.494 e. The zero-order valence-electron chi connectivity index (χ0n) is 16.9. The van der Waals surface area contributed by atoms with Gasteiger partial charge in [0.1, 0.15) is 17.9 Å². The second-order valence-electron chi connectivity index (χ2n) is 6.95. The van der Waals surface area contributed by atoms with Crippen molar-refractivity contribution in [2.45, 2.75) is 33.1 Å². The van der Waals surface area contributed by atoms with E-state index in [4.69, 9.17) is 4.74 Å². The third-order valence-corrected chi connectivity index (χ3v) is 4.87. The maximum absolute atomic E-state index is 9.82. The van der Waals surface area contributed by atoms with E-state index in [1.807, 2.05) is 48.5 Å². The SMILES string of the molecule is CCCOc1ccc(-c2ccc(-c3ccc(CCC)cc3)c(C#N)c2C#N)cc1. The van der Waals surface area contributed by atoms with Crippen molar-refractivity contribution in [2.24, 2.45) is 0 Å². The van der Waals surface area contributed by atoms with E-state index in [0.717, 1.165) is 47.3 Å². The molecule has 3 rings (SSSR count). The molecule has 0 radical (unpaired) electrons. The monoisotopic (exact) mass is 380 g/mol. The molecule has 144 valence electrons. The Balaban J connectivity index is 2.01. The van der Waals surface area contributed by atoms with Crippen molar-refractivity contribution in [3.05, 3.63) is 77.4 Å². The molecule has 0 aliphatic rings. The zero-order valence-corrected chi connectivity index (χ0v) is 16.9. The molecule has 0 atom stereocenters. The minimum atomic E-state index is 0.407. The van der Waals surface area contributed by atoms with Gasteiger partial charge in [0.05, 0.1) is 17.7 Å². The molecule has 0 aromatic heterocycles. The van der Waals surface area contributed by atoms with Crippen LogP contribution in [0.4, 0.5) is 0 Å². The molecule has 0 N–H and O–H groups in total. The highest BCUT2D eigenvalue weighted by atomic mass is 16.5. The molecule has 0 saturated heterocycles. The van der Waals surface area contributed by atoms with E-state index in [-0.39, 0.29) is 0 Å². The van der Waals surface area contributed by atoms with Gasteiger partial charge < -0.3 is 4.74 Å². The van der Waals surface area contributed by atoms with E-state index in [1.54, 1.807) is 0 Å². The Kier molecular flexibility index (Phi) is 6.67. The highest BCUT2D eigenvalue weighted by Gasteiger charge is 2.16. The average molecular weight is 380 g/mol. The van der Waals surface area contributed by atoms with Gasteiger partial charge in [-0.1, -0.05) is 68.8 Å². The molecule has 3 aromatic carbocycles. The quantitative estimate of drug-likeness (QED) is 0.470. The largest absolute Gasteiger partial charge is 0.494 e. The summed E-state index contributed by atoms with van der Waals surface area (Å²) in [4.78, 5) is 0. The number of nitrogens with zero attached hydrogens (tertiary/aromatic N) is 2. The van der Waals surface area contributed by atoms with Crippen LogP contribution >= 0.6 is 0 Å². The van der Waals surface area contributed by atoms with Gasteiger partial charge in [-0.3, -0.25) is 0 Å². The van der Waals surface area contributed by atoms with Crippen LogP contribution in [-0.4, -0.2) is 6.61 Å². The maximum atomic E-state index is 9.82. The third kappa shape index (κ3) is 4.48. The van der Waals surface area contributed by atoms with E-state index in [2.05, 4.69) is 38.1 Å². The zero-order chi connectivity index (χ0) is 20.6. The molecule has 0 amide bonds. The van der Waals surface area contributed by atoms with Crippen molar-refractivity contribution in [1.82, 2.24) is 0 Å². The molecule has 3 heteroatoms. The van der Waals surface area contributed by atoms with Crippen LogP contribution in [0, 0.1) is 22.7 Å². The summed E-state index contributed by atoms with van der Waals surface area (Å²) in [5.74, 6) is 0.804. The Morgan fingerprint density at radius 2 is 1.21 bits per heavy atom. The van der Waals surface area contributed by atoms with Crippen molar-refractivity contribution in [3.63, 3.8) is 0 Å². The lowest BCUT2D eigenvalue weighted by Crippen LogP contribution is -1.96. The van der Waals surface area contributed by atoms with Crippen LogP contribution in [0.15, 0.2) is 60.7 Å². The lowest BCUT2D eigenvalue weighted by Gasteiger charge is -2.12. The second-order valence-corrected chi connectivity index (χ2v) is 6.95. The number of benzene rings is 3. The molecule has 0 heterocycles. The van der Waals surface area contributed by atoms with Gasteiger partial charge in [-0.2, -0.15) is 10.5 Å². The van der Waals surface area contributed by atoms with Gasteiger partial charge in [-0.05, 0) is 41.7 Å². The second kappa shape index (κ2) is 9.58. The van der Waals surface area contributed by atoms with E-state index in [1.165, 1.54) is 5.56 Å². The number of hydrogen-bond donors (Lipinski definition) is 0. The molecule has 0 bridgehead atoms. The Bertz CT molecular complexity index is 1050. The fourth-order valence-corrected chi connectivity index (χ4v) is 3.41. The molecule has 29 heavy (non-hydrogen) atoms. The Morgan fingerprint density at radius 1 is 0.690 bits per heavy atom. The first kappa shape index (κ1) is 20.2. The average Bonchev–Trinajstić information content (AvgIpc) is 2.77. The molecular weight excluding hydrogens is 356 g/mol. The van der Waals surface area contributed by atoms with Crippen LogP contribution in [0.3, 0.4) is 0 Å². The van der Waals surface area contributed by atoms with E-state index < -0.39 is 0 Å². The summed E-state index contributed by atoms with van der Waals surface area (Å²) in [7, 11) is 0. The van der Waals surface area contributed by atoms with Gasteiger partial charge in [-0.15, -0.1) is 0 Å². The molecule has 3 nitrogen and oxygen atoms in total. The van der Waals surface area contributed by atoms with Gasteiger partial charge in [0.2, 0.25) is 0 Å². The third-order valence-electron chi connectivity index (χ3n) is 4.87. The van der Waals surface area contributed by atoms with Crippen LogP contribution in [0.5, 0.6) is 5.75 Å². The van der Waals surface area contributed by atoms with Crippen LogP contribution in [0.2, 0.25) is 0 Å². The summed E-state index contributed by atoms with van der Waals surface area (Å²) in [6.45, 7) is 4.89. The number of rotatable bonds is 7. The first-order valence-electron chi connectivity index (χ1n) is 10.0. The minimum absolute atomic E-state index is 0.407. The highest BCUT2D eigenvalue weighted by Crippen LogP contribution is 2.33. The van der Waals surface area contributed by atoms with Crippen LogP contribution in [0.25, 0.3) is 22.3 Å². The fourth-order valence-electron chi connectivity index (χ4n) is 3.41. The number of hydrogen-bond acceptors (Lipinski definition) is 3. The topological polar surface area (TPSA) is 56.8 Å². The molecular formula is C26H24N2O. The molecule has 0 fully saturated rings. The van der Waals surface area contributed by atoms with Gasteiger partial charge in [0.25, 0.3) is 0 Å². The Hall–Kier alpha value is -3.56. The molecule has 0 unspecified atom stereocenters. The summed E-state index contributed by atoms with van der Waals surface area (Å²) in [6, 6.07) is 24.3. The van der Waals surface area contributed by atoms with Gasteiger partial charge in [0.15, 0.2) is 0 Å². The van der Waals surface area contributed by atoms with Crippen molar-refractivity contribution in [1.29, 1.82) is 10.5 Å². The summed E-state index contributed by atoms with van der Waals surface area (Å²) in [6.07, 6.45) is 3.08. The maximum Gasteiger partial charge on any atom is 0.119 e. The fraction of sp³-hybridized carbons (Fsp3) is 0.231. The first-order valence-corrected chi connectivity index (χ1v) is 10.0. The Labute approximate surface area is 172 Å². The van der Waals surface area contributed by atoms with Crippen molar-refractivity contribution >= 4 is 0 Å². The van der Waals surface area contributed by atoms with Crippen molar-refractivity contribution in [2.75, 3.05) is 6.61 Å². The van der Waals surface area contributed by atoms with Crippen LogP contribution in [-0.2, 0) is 6.42 Å². The van der Waals surface area contributed by atoms with Crippen LogP contribution < -0.4 is 4.74 Å². The summed E-state index contributed by atoms with van der Waals surface area (Å²) < 4.78 is 5.63. The summed E-state index contributed by atoms with van der Waals surface area (Å²) in [5, 5.41) is 19.6. The molecule has 0 aliphatic heterocycles. The predicted molar refractivity (Wildman–Crippen MR) is 117 cm³/mol. The van der Waals surface area contributed by atoms with Crippen molar-refractivity contribution < 1.29 is 4.74 Å². The molecule has 0 saturated carbocycles. The van der Waals surface area contributed by atoms with Crippen molar-refractivity contribution in [3.8, 4) is 40.1 Å². The first-order chi connectivity index (χ1) is 14.2. The van der Waals surface area contributed by atoms with E-state index in [0.29, 0.717) is 17.7 Å². The van der Waals surface area contributed by atoms with Crippen LogP contribution in [0.1, 0.15) is 43.4 Å². The smallest absolute Gasteiger partial charge is 0.119 e. The summed E-state index contributed by atoms with van der Waals surface area (Å²) >= 11 is 0. The normalized spacial score (nSPS) is 10.2. The predicted octanol–water partition coefficient (Wildman–Crippen LogP) is 6.51. The highest BCUT2D eigenvalue weighted by molar-refractivity contribution is 5.82. The Morgan fingerprint density at radius 3 is 1.66 bits per heavy atom. The van der Waals surface area contributed by atoms with Gasteiger partial charge in [0, 0.05) is 11.1 Å². The number of ether oxygens (including phenoxy) is 1. The summed E-state index contributed by atoms with van der Waals surface area (Å²) in [5.41, 5.74) is 5.50. The van der Waals surface area contributed by atoms with Gasteiger partial charge >= 0.3 is 0 Å². The van der Waals surface area contributed by atoms with Gasteiger partial charge in [-0.25, -0.2) is 0 Å². The lowest BCUT2D eigenvalue weighted by atomic mass is 9.90. The van der Waals surface area contributed by atoms with E-state index in [9.17, 15) is 10.5 Å².